The normalized spacial score (nSPS) is 10.6. The summed E-state index contributed by atoms with van der Waals surface area (Å²) in [5.41, 5.74) is 0. The Morgan fingerprint density at radius 3 is 1.36 bits per heavy atom. The van der Waals surface area contributed by atoms with E-state index in [1.165, 1.54) is 96.8 Å². The van der Waals surface area contributed by atoms with Gasteiger partial charge in [0.25, 0.3) is 0 Å². The molecule has 0 aliphatic heterocycles. The van der Waals surface area contributed by atoms with Crippen molar-refractivity contribution in [2.75, 3.05) is 6.54 Å². The van der Waals surface area contributed by atoms with Crippen LogP contribution >= 0.6 is 0 Å². The summed E-state index contributed by atoms with van der Waals surface area (Å²) in [6.07, 6.45) is 20.7. The summed E-state index contributed by atoms with van der Waals surface area (Å²) in [6, 6.07) is 0. The van der Waals surface area contributed by atoms with E-state index in [1.807, 2.05) is 0 Å². The van der Waals surface area contributed by atoms with Crippen molar-refractivity contribution in [2.24, 2.45) is 0 Å². The maximum Gasteiger partial charge on any atom is 0.414 e. The molecule has 148 valence electrons. The predicted molar refractivity (Wildman–Crippen MR) is 105 cm³/mol. The van der Waals surface area contributed by atoms with Crippen LogP contribution in [0.2, 0.25) is 0 Å². The van der Waals surface area contributed by atoms with Crippen molar-refractivity contribution in [3.63, 3.8) is 0 Å². The fourth-order valence-corrected chi connectivity index (χ4v) is 3.03. The van der Waals surface area contributed by atoms with Crippen molar-refractivity contribution in [3.05, 3.63) is 0 Å². The number of alkyl carbamates (subject to hydrolysis) is 1. The first-order valence-corrected chi connectivity index (χ1v) is 10.6. The van der Waals surface area contributed by atoms with Crippen molar-refractivity contribution >= 4 is 12.1 Å². The van der Waals surface area contributed by atoms with Crippen LogP contribution in [-0.4, -0.2) is 18.6 Å². The number of amides is 1. The Morgan fingerprint density at radius 2 is 1.00 bits per heavy atom. The van der Waals surface area contributed by atoms with Gasteiger partial charge in [-0.2, -0.15) is 0 Å². The maximum absolute atomic E-state index is 11.1. The van der Waals surface area contributed by atoms with Crippen molar-refractivity contribution in [1.82, 2.24) is 5.32 Å². The molecule has 0 heterocycles. The van der Waals surface area contributed by atoms with Crippen LogP contribution in [0.15, 0.2) is 0 Å². The molecule has 0 unspecified atom stereocenters. The summed E-state index contributed by atoms with van der Waals surface area (Å²) < 4.78 is 4.39. The largest absolute Gasteiger partial charge is 0.414 e. The highest BCUT2D eigenvalue weighted by atomic mass is 16.6. The number of carbonyl (C=O) groups is 2. The summed E-state index contributed by atoms with van der Waals surface area (Å²) in [5.74, 6) is -0.565. The zero-order valence-corrected chi connectivity index (χ0v) is 16.7. The molecule has 0 fully saturated rings. The van der Waals surface area contributed by atoms with Crippen LogP contribution in [0.4, 0.5) is 4.79 Å². The fourth-order valence-electron chi connectivity index (χ4n) is 3.03. The first-order valence-electron chi connectivity index (χ1n) is 10.6. The number of unbranched alkanes of at least 4 members (excludes halogenated alkanes) is 15. The molecule has 0 spiro atoms. The molecule has 0 bridgehead atoms. The topological polar surface area (TPSA) is 55.4 Å². The summed E-state index contributed by atoms with van der Waals surface area (Å²) >= 11 is 0. The Bertz CT molecular complexity index is 318. The van der Waals surface area contributed by atoms with E-state index >= 15 is 0 Å². The fraction of sp³-hybridized carbons (Fsp3) is 0.905. The van der Waals surface area contributed by atoms with Crippen LogP contribution in [0.3, 0.4) is 0 Å². The predicted octanol–water partition coefficient (Wildman–Crippen LogP) is 6.52. The number of hydrogen-bond donors (Lipinski definition) is 1. The van der Waals surface area contributed by atoms with Crippen LogP contribution in [0.1, 0.15) is 117 Å². The number of rotatable bonds is 17. The van der Waals surface area contributed by atoms with Gasteiger partial charge in [0.15, 0.2) is 0 Å². The molecular formula is C21H41NO3. The monoisotopic (exact) mass is 355 g/mol. The molecule has 0 atom stereocenters. The van der Waals surface area contributed by atoms with E-state index in [0.717, 1.165) is 12.8 Å². The second kappa shape index (κ2) is 19.3. The summed E-state index contributed by atoms with van der Waals surface area (Å²) in [5, 5.41) is 2.58. The van der Waals surface area contributed by atoms with Crippen LogP contribution < -0.4 is 5.32 Å². The summed E-state index contributed by atoms with van der Waals surface area (Å²) in [6.45, 7) is 4.09. The highest BCUT2D eigenvalue weighted by Gasteiger charge is 2.03. The highest BCUT2D eigenvalue weighted by molar-refractivity contribution is 5.82. The first-order chi connectivity index (χ1) is 12.2. The SMILES string of the molecule is CCCCCCCCCCCCCCCCCCNC(=O)OC(C)=O. The van der Waals surface area contributed by atoms with Gasteiger partial charge in [-0.25, -0.2) is 4.79 Å². The van der Waals surface area contributed by atoms with Crippen LogP contribution in [0, 0.1) is 0 Å². The van der Waals surface area contributed by atoms with Crippen LogP contribution in [0.25, 0.3) is 0 Å². The minimum Gasteiger partial charge on any atom is -0.377 e. The second-order valence-electron chi connectivity index (χ2n) is 7.11. The molecule has 0 saturated heterocycles. The Labute approximate surface area is 155 Å². The number of nitrogens with one attached hydrogen (secondary N) is 1. The lowest BCUT2D eigenvalue weighted by Crippen LogP contribution is -2.26. The number of hydrogen-bond acceptors (Lipinski definition) is 3. The second-order valence-corrected chi connectivity index (χ2v) is 7.11. The standard InChI is InChI=1S/C21H41NO3/c1-3-4-5-6-7-8-9-10-11-12-13-14-15-16-17-18-19-22-21(24)25-20(2)23/h3-19H2,1-2H3,(H,22,24). The molecule has 4 nitrogen and oxygen atoms in total. The number of esters is 1. The van der Waals surface area contributed by atoms with Crippen LogP contribution in [0.5, 0.6) is 0 Å². The third-order valence-electron chi connectivity index (χ3n) is 4.54. The van der Waals surface area contributed by atoms with Gasteiger partial charge in [0.05, 0.1) is 0 Å². The van der Waals surface area contributed by atoms with Gasteiger partial charge in [-0.15, -0.1) is 0 Å². The van der Waals surface area contributed by atoms with Gasteiger partial charge in [0.1, 0.15) is 0 Å². The zero-order chi connectivity index (χ0) is 18.6. The number of carbonyl (C=O) groups excluding carboxylic acids is 2. The van der Waals surface area contributed by atoms with Crippen molar-refractivity contribution in [3.8, 4) is 0 Å². The van der Waals surface area contributed by atoms with Gasteiger partial charge < -0.3 is 10.1 Å². The molecule has 0 radical (unpaired) electrons. The van der Waals surface area contributed by atoms with Crippen LogP contribution in [-0.2, 0) is 9.53 Å². The summed E-state index contributed by atoms with van der Waals surface area (Å²) in [4.78, 5) is 21.6. The molecule has 1 N–H and O–H groups in total. The summed E-state index contributed by atoms with van der Waals surface area (Å²) in [7, 11) is 0. The van der Waals surface area contributed by atoms with E-state index in [-0.39, 0.29) is 0 Å². The average molecular weight is 356 g/mol. The lowest BCUT2D eigenvalue weighted by molar-refractivity contribution is -0.134. The Kier molecular flexibility index (Phi) is 18.5. The Balaban J connectivity index is 3.07. The molecule has 0 aromatic rings. The van der Waals surface area contributed by atoms with Gasteiger partial charge in [0.2, 0.25) is 0 Å². The minimum atomic E-state index is -0.631. The molecule has 0 aliphatic carbocycles. The van der Waals surface area contributed by atoms with E-state index in [9.17, 15) is 9.59 Å². The average Bonchev–Trinajstić information content (AvgIpc) is 2.57. The molecular weight excluding hydrogens is 314 g/mol. The third kappa shape index (κ3) is 20.9. The smallest absolute Gasteiger partial charge is 0.377 e. The van der Waals surface area contributed by atoms with Crippen molar-refractivity contribution in [1.29, 1.82) is 0 Å². The van der Waals surface area contributed by atoms with E-state index in [4.69, 9.17) is 0 Å². The molecule has 0 aromatic carbocycles. The van der Waals surface area contributed by atoms with E-state index in [1.54, 1.807) is 0 Å². The van der Waals surface area contributed by atoms with Crippen molar-refractivity contribution in [2.45, 2.75) is 117 Å². The van der Waals surface area contributed by atoms with Crippen molar-refractivity contribution < 1.29 is 14.3 Å². The molecule has 0 aliphatic rings. The molecule has 0 aromatic heterocycles. The third-order valence-corrected chi connectivity index (χ3v) is 4.54. The molecule has 4 heteroatoms. The van der Waals surface area contributed by atoms with Gasteiger partial charge in [0, 0.05) is 13.5 Å². The Hall–Kier alpha value is -1.06. The molecule has 25 heavy (non-hydrogen) atoms. The first kappa shape index (κ1) is 23.9. The number of ether oxygens (including phenoxy) is 1. The highest BCUT2D eigenvalue weighted by Crippen LogP contribution is 2.13. The van der Waals surface area contributed by atoms with Gasteiger partial charge in [-0.3, -0.25) is 4.79 Å². The molecule has 1 amide bonds. The Morgan fingerprint density at radius 1 is 0.640 bits per heavy atom. The van der Waals surface area contributed by atoms with Gasteiger partial charge in [-0.1, -0.05) is 103 Å². The lowest BCUT2D eigenvalue weighted by atomic mass is 10.0. The van der Waals surface area contributed by atoms with Gasteiger partial charge in [-0.05, 0) is 6.42 Å². The zero-order valence-electron chi connectivity index (χ0n) is 16.7. The van der Waals surface area contributed by atoms with E-state index in [2.05, 4.69) is 17.0 Å². The maximum atomic E-state index is 11.1. The quantitative estimate of drug-likeness (QED) is 0.183. The van der Waals surface area contributed by atoms with E-state index < -0.39 is 12.1 Å². The van der Waals surface area contributed by atoms with Gasteiger partial charge >= 0.3 is 12.1 Å². The molecule has 0 saturated carbocycles. The van der Waals surface area contributed by atoms with E-state index in [0.29, 0.717) is 6.54 Å². The molecule has 0 rings (SSSR count). The lowest BCUT2D eigenvalue weighted by Gasteiger charge is -2.05. The minimum absolute atomic E-state index is 0.565.